The first-order valence-corrected chi connectivity index (χ1v) is 4.30. The molecule has 0 aromatic carbocycles. The molecular formula is C10H15N3. The Morgan fingerprint density at radius 3 is 2.62 bits per heavy atom. The number of hydrogen-bond donors (Lipinski definition) is 0. The van der Waals surface area contributed by atoms with Crippen molar-refractivity contribution in [2.45, 2.75) is 27.7 Å². The molecule has 0 fully saturated rings. The van der Waals surface area contributed by atoms with Gasteiger partial charge in [0.25, 0.3) is 0 Å². The molecule has 3 heteroatoms. The molecule has 1 rings (SSSR count). The molecule has 0 aliphatic rings. The Morgan fingerprint density at radius 1 is 1.46 bits per heavy atom. The van der Waals surface area contributed by atoms with Crippen LogP contribution in [0.4, 0.5) is 0 Å². The zero-order valence-corrected chi connectivity index (χ0v) is 8.57. The number of aromatic nitrogens is 2. The first-order chi connectivity index (χ1) is 6.09. The Labute approximate surface area is 78.8 Å². The Morgan fingerprint density at radius 2 is 2.15 bits per heavy atom. The van der Waals surface area contributed by atoms with Gasteiger partial charge in [0.2, 0.25) is 0 Å². The lowest BCUT2D eigenvalue weighted by Gasteiger charge is -1.97. The maximum atomic E-state index is 4.26. The number of hydrogen-bond acceptors (Lipinski definition) is 2. The topological polar surface area (TPSA) is 30.2 Å². The Balaban J connectivity index is 2.85. The molecule has 1 aromatic heterocycles. The van der Waals surface area contributed by atoms with E-state index < -0.39 is 0 Å². The lowest BCUT2D eigenvalue weighted by atomic mass is 10.4. The van der Waals surface area contributed by atoms with Gasteiger partial charge in [-0.2, -0.15) is 5.10 Å². The third-order valence-corrected chi connectivity index (χ3v) is 1.56. The van der Waals surface area contributed by atoms with E-state index in [9.17, 15) is 0 Å². The quantitative estimate of drug-likeness (QED) is 0.478. The number of allylic oxidation sites excluding steroid dienone is 1. The predicted molar refractivity (Wildman–Crippen MR) is 54.9 cm³/mol. The molecule has 0 radical (unpaired) electrons. The highest BCUT2D eigenvalue weighted by molar-refractivity contribution is 5.81. The zero-order valence-electron chi connectivity index (χ0n) is 8.57. The highest BCUT2D eigenvalue weighted by atomic mass is 15.3. The molecule has 0 amide bonds. The van der Waals surface area contributed by atoms with Crippen molar-refractivity contribution in [3.05, 3.63) is 29.7 Å². The van der Waals surface area contributed by atoms with Crippen molar-refractivity contribution in [3.8, 4) is 0 Å². The third kappa shape index (κ3) is 2.86. The van der Waals surface area contributed by atoms with Gasteiger partial charge in [-0.05, 0) is 33.8 Å². The molecule has 0 N–H and O–H groups in total. The number of aliphatic imine (C=N–C) groups is 1. The average Bonchev–Trinajstić information content (AvgIpc) is 2.47. The Hall–Kier alpha value is -1.38. The van der Waals surface area contributed by atoms with Crippen LogP contribution in [0.5, 0.6) is 0 Å². The van der Waals surface area contributed by atoms with Crippen molar-refractivity contribution in [2.24, 2.45) is 4.99 Å². The van der Waals surface area contributed by atoms with E-state index in [-0.39, 0.29) is 0 Å². The van der Waals surface area contributed by atoms with E-state index in [1.54, 1.807) is 4.68 Å². The standard InChI is InChI=1S/C10H15N3/c1-8(2)7-11-10(4)13-6-5-9(3)12-13/h5-7H,1-4H3. The van der Waals surface area contributed by atoms with Crippen LogP contribution in [0.1, 0.15) is 26.5 Å². The van der Waals surface area contributed by atoms with E-state index in [0.717, 1.165) is 11.5 Å². The molecule has 0 aliphatic carbocycles. The lowest BCUT2D eigenvalue weighted by molar-refractivity contribution is 0.904. The van der Waals surface area contributed by atoms with Gasteiger partial charge in [0.05, 0.1) is 5.69 Å². The van der Waals surface area contributed by atoms with Gasteiger partial charge in [0.1, 0.15) is 5.84 Å². The van der Waals surface area contributed by atoms with Crippen LogP contribution >= 0.6 is 0 Å². The van der Waals surface area contributed by atoms with Crippen LogP contribution in [0.25, 0.3) is 0 Å². The van der Waals surface area contributed by atoms with Crippen molar-refractivity contribution in [1.82, 2.24) is 9.78 Å². The first kappa shape index (κ1) is 9.71. The van der Waals surface area contributed by atoms with Crippen molar-refractivity contribution < 1.29 is 0 Å². The minimum Gasteiger partial charge on any atom is -0.242 e. The van der Waals surface area contributed by atoms with Crippen molar-refractivity contribution in [3.63, 3.8) is 0 Å². The molecule has 70 valence electrons. The van der Waals surface area contributed by atoms with Gasteiger partial charge in [0, 0.05) is 12.4 Å². The Bertz CT molecular complexity index is 341. The van der Waals surface area contributed by atoms with Crippen LogP contribution < -0.4 is 0 Å². The molecule has 1 heterocycles. The maximum Gasteiger partial charge on any atom is 0.126 e. The largest absolute Gasteiger partial charge is 0.242 e. The van der Waals surface area contributed by atoms with Crippen LogP contribution in [0, 0.1) is 6.92 Å². The van der Waals surface area contributed by atoms with E-state index in [4.69, 9.17) is 0 Å². The van der Waals surface area contributed by atoms with E-state index >= 15 is 0 Å². The van der Waals surface area contributed by atoms with Crippen molar-refractivity contribution >= 4 is 5.84 Å². The normalized spacial score (nSPS) is 11.5. The average molecular weight is 177 g/mol. The number of aryl methyl sites for hydroxylation is 1. The molecule has 0 bridgehead atoms. The summed E-state index contributed by atoms with van der Waals surface area (Å²) >= 11 is 0. The van der Waals surface area contributed by atoms with Crippen LogP contribution in [0.3, 0.4) is 0 Å². The number of nitrogens with zero attached hydrogens (tertiary/aromatic N) is 3. The molecule has 0 saturated heterocycles. The second kappa shape index (κ2) is 4.03. The minimum absolute atomic E-state index is 0.884. The van der Waals surface area contributed by atoms with Crippen LogP contribution in [-0.2, 0) is 0 Å². The first-order valence-electron chi connectivity index (χ1n) is 4.30. The lowest BCUT2D eigenvalue weighted by Crippen LogP contribution is -2.07. The van der Waals surface area contributed by atoms with Crippen molar-refractivity contribution in [2.75, 3.05) is 0 Å². The molecule has 0 atom stereocenters. The van der Waals surface area contributed by atoms with E-state index in [1.807, 2.05) is 46.2 Å². The fourth-order valence-electron chi connectivity index (χ4n) is 0.877. The fraction of sp³-hybridized carbons (Fsp3) is 0.400. The molecule has 0 unspecified atom stereocenters. The zero-order chi connectivity index (χ0) is 9.84. The summed E-state index contributed by atoms with van der Waals surface area (Å²) in [6, 6.07) is 1.96. The highest BCUT2D eigenvalue weighted by Crippen LogP contribution is 1.95. The highest BCUT2D eigenvalue weighted by Gasteiger charge is 1.95. The Kier molecular flexibility index (Phi) is 3.01. The molecule has 13 heavy (non-hydrogen) atoms. The van der Waals surface area contributed by atoms with Gasteiger partial charge in [-0.1, -0.05) is 5.57 Å². The van der Waals surface area contributed by atoms with E-state index in [0.29, 0.717) is 0 Å². The molecule has 0 aliphatic heterocycles. The van der Waals surface area contributed by atoms with Gasteiger partial charge in [0.15, 0.2) is 0 Å². The molecule has 0 spiro atoms. The summed E-state index contributed by atoms with van der Waals surface area (Å²) in [6.07, 6.45) is 3.75. The third-order valence-electron chi connectivity index (χ3n) is 1.56. The second-order valence-electron chi connectivity index (χ2n) is 3.28. The monoisotopic (exact) mass is 177 g/mol. The minimum atomic E-state index is 0.884. The summed E-state index contributed by atoms with van der Waals surface area (Å²) in [4.78, 5) is 4.26. The molecular weight excluding hydrogens is 162 g/mol. The number of rotatable bonds is 1. The summed E-state index contributed by atoms with van der Waals surface area (Å²) in [7, 11) is 0. The summed E-state index contributed by atoms with van der Waals surface area (Å²) in [5.74, 6) is 0.884. The van der Waals surface area contributed by atoms with Crippen LogP contribution in [-0.4, -0.2) is 15.6 Å². The van der Waals surface area contributed by atoms with Gasteiger partial charge in [-0.25, -0.2) is 9.67 Å². The predicted octanol–water partition coefficient (Wildman–Crippen LogP) is 2.38. The molecule has 0 saturated carbocycles. The van der Waals surface area contributed by atoms with Gasteiger partial charge < -0.3 is 0 Å². The second-order valence-corrected chi connectivity index (χ2v) is 3.28. The van der Waals surface area contributed by atoms with E-state index in [1.165, 1.54) is 5.57 Å². The van der Waals surface area contributed by atoms with Gasteiger partial charge >= 0.3 is 0 Å². The molecule has 1 aromatic rings. The van der Waals surface area contributed by atoms with Crippen LogP contribution in [0.2, 0.25) is 0 Å². The van der Waals surface area contributed by atoms with Crippen LogP contribution in [0.15, 0.2) is 29.0 Å². The summed E-state index contributed by atoms with van der Waals surface area (Å²) in [6.45, 7) is 7.94. The summed E-state index contributed by atoms with van der Waals surface area (Å²) < 4.78 is 1.77. The van der Waals surface area contributed by atoms with Crippen molar-refractivity contribution in [1.29, 1.82) is 0 Å². The molecule has 3 nitrogen and oxygen atoms in total. The summed E-state index contributed by atoms with van der Waals surface area (Å²) in [5.41, 5.74) is 2.19. The SMILES string of the molecule is CC(C)=CN=C(C)n1ccc(C)n1. The smallest absolute Gasteiger partial charge is 0.126 e. The summed E-state index contributed by atoms with van der Waals surface area (Å²) in [5, 5.41) is 4.25. The fourth-order valence-corrected chi connectivity index (χ4v) is 0.877. The van der Waals surface area contributed by atoms with E-state index in [2.05, 4.69) is 10.1 Å². The van der Waals surface area contributed by atoms with Gasteiger partial charge in [-0.15, -0.1) is 0 Å². The maximum absolute atomic E-state index is 4.26. The van der Waals surface area contributed by atoms with Gasteiger partial charge in [-0.3, -0.25) is 0 Å².